The van der Waals surface area contributed by atoms with E-state index < -0.39 is 88.6 Å². The van der Waals surface area contributed by atoms with Gasteiger partial charge in [0.1, 0.15) is 18.8 Å². The van der Waals surface area contributed by atoms with Gasteiger partial charge in [-0.2, -0.15) is 43.2 Å². The molecule has 0 amide bonds. The Kier molecular flexibility index (Phi) is 12.5. The fourth-order valence-electron chi connectivity index (χ4n) is 3.96. The quantitative estimate of drug-likeness (QED) is 0.0921. The molecule has 1 fully saturated rings. The summed E-state index contributed by atoms with van der Waals surface area (Å²) >= 11 is 0. The number of benzene rings is 2. The lowest BCUT2D eigenvalue weighted by molar-refractivity contribution is -0.290. The van der Waals surface area contributed by atoms with Gasteiger partial charge in [0, 0.05) is 14.7 Å². The predicted octanol–water partition coefficient (Wildman–Crippen LogP) is 4.62. The Hall–Kier alpha value is -3.08. The summed E-state index contributed by atoms with van der Waals surface area (Å²) in [5.74, 6) is -2.58. The summed E-state index contributed by atoms with van der Waals surface area (Å²) in [5, 5.41) is 0. The van der Waals surface area contributed by atoms with Crippen LogP contribution in [-0.4, -0.2) is 91.8 Å². The minimum Gasteiger partial charge on any atom is -0.459 e. The molecule has 3 rings (SSSR count). The molecule has 21 heteroatoms. The molecule has 0 radical (unpaired) electrons. The number of hydrogen-bond donors (Lipinski definition) is 0. The Morgan fingerprint density at radius 2 is 1.19 bits per heavy atom. The topological polar surface area (TPSA) is 158 Å². The molecule has 0 saturated carbocycles. The molecule has 48 heavy (non-hydrogen) atoms. The van der Waals surface area contributed by atoms with Crippen LogP contribution >= 0.6 is 0 Å². The maximum atomic E-state index is 13.5. The zero-order valence-corrected chi connectivity index (χ0v) is 27.9. The average Bonchev–Trinajstić information content (AvgIpc) is 2.97. The molecule has 0 N–H and O–H groups in total. The molecule has 5 atom stereocenters. The van der Waals surface area contributed by atoms with E-state index in [4.69, 9.17) is 18.9 Å². The third-order valence-corrected chi connectivity index (χ3v) is 10.2. The maximum absolute atomic E-state index is 13.5. The van der Waals surface area contributed by atoms with Gasteiger partial charge in [-0.3, -0.25) is 8.37 Å². The van der Waals surface area contributed by atoms with Crippen LogP contribution in [0.2, 0.25) is 25.7 Å². The van der Waals surface area contributed by atoms with Crippen LogP contribution in [0.3, 0.4) is 0 Å². The maximum Gasteiger partial charge on any atom is 0.523 e. The first-order chi connectivity index (χ1) is 22.0. The van der Waals surface area contributed by atoms with E-state index in [1.165, 1.54) is 48.5 Å². The van der Waals surface area contributed by atoms with Gasteiger partial charge in [-0.1, -0.05) is 56.0 Å². The zero-order chi connectivity index (χ0) is 36.1. The largest absolute Gasteiger partial charge is 0.523 e. The Balaban J connectivity index is 2.17. The molecule has 1 aliphatic rings. The minimum absolute atomic E-state index is 0.0823. The lowest BCUT2D eigenvalue weighted by Gasteiger charge is -2.44. The number of carbonyl (C=O) groups is 2. The molecule has 0 aliphatic carbocycles. The van der Waals surface area contributed by atoms with E-state index in [1.807, 2.05) is 19.6 Å². The second-order valence-corrected chi connectivity index (χ2v) is 20.1. The molecule has 2 unspecified atom stereocenters. The fourth-order valence-corrected chi connectivity index (χ4v) is 5.93. The van der Waals surface area contributed by atoms with Gasteiger partial charge in [-0.25, -0.2) is 9.59 Å². The van der Waals surface area contributed by atoms with Crippen molar-refractivity contribution in [2.24, 2.45) is 0 Å². The van der Waals surface area contributed by atoms with Crippen LogP contribution in [0.1, 0.15) is 20.7 Å². The summed E-state index contributed by atoms with van der Waals surface area (Å²) < 4.78 is 160. The lowest BCUT2D eigenvalue weighted by atomic mass is 9.98. The van der Waals surface area contributed by atoms with Gasteiger partial charge in [-0.05, 0) is 30.3 Å². The van der Waals surface area contributed by atoms with Crippen molar-refractivity contribution in [1.29, 1.82) is 0 Å². The number of halogens is 6. The van der Waals surface area contributed by atoms with Crippen molar-refractivity contribution in [3.63, 3.8) is 0 Å². The molecule has 1 saturated heterocycles. The lowest BCUT2D eigenvalue weighted by Crippen LogP contribution is -2.63. The molecule has 0 spiro atoms. The highest BCUT2D eigenvalue weighted by molar-refractivity contribution is 7.87. The van der Waals surface area contributed by atoms with Crippen molar-refractivity contribution in [2.75, 3.05) is 13.2 Å². The first-order valence-corrected chi connectivity index (χ1v) is 20.3. The Labute approximate surface area is 272 Å². The first kappa shape index (κ1) is 39.4. The van der Waals surface area contributed by atoms with Gasteiger partial charge < -0.3 is 18.9 Å². The van der Waals surface area contributed by atoms with Gasteiger partial charge in [0.05, 0.1) is 11.1 Å². The van der Waals surface area contributed by atoms with Gasteiger partial charge >= 0.3 is 43.2 Å². The van der Waals surface area contributed by atoms with Crippen LogP contribution in [0.5, 0.6) is 0 Å². The molecule has 12 nitrogen and oxygen atoms in total. The summed E-state index contributed by atoms with van der Waals surface area (Å²) in [6.45, 7) is 4.10. The second-order valence-electron chi connectivity index (χ2n) is 11.3. The van der Waals surface area contributed by atoms with Crippen LogP contribution in [0, 0.1) is 0 Å². The van der Waals surface area contributed by atoms with E-state index in [0.717, 1.165) is 12.1 Å². The summed E-state index contributed by atoms with van der Waals surface area (Å²) in [5.41, 5.74) is -12.7. The monoisotopic (exact) mass is 752 g/mol. The van der Waals surface area contributed by atoms with Crippen molar-refractivity contribution in [3.8, 4) is 0 Å². The van der Waals surface area contributed by atoms with Gasteiger partial charge in [0.25, 0.3) is 0 Å². The van der Waals surface area contributed by atoms with Crippen LogP contribution in [0.4, 0.5) is 26.3 Å². The Bertz CT molecular complexity index is 1620. The van der Waals surface area contributed by atoms with Crippen molar-refractivity contribution < 1.29 is 80.1 Å². The van der Waals surface area contributed by atoms with Crippen molar-refractivity contribution in [1.82, 2.24) is 0 Å². The number of rotatable bonds is 13. The van der Waals surface area contributed by atoms with E-state index in [-0.39, 0.29) is 23.8 Å². The van der Waals surface area contributed by atoms with E-state index in [2.05, 4.69) is 8.37 Å². The minimum atomic E-state index is -6.68. The smallest absolute Gasteiger partial charge is 0.459 e. The van der Waals surface area contributed by atoms with Crippen LogP contribution in [0.25, 0.3) is 0 Å². The molecule has 0 bridgehead atoms. The highest BCUT2D eigenvalue weighted by atomic mass is 32.2. The number of alkyl halides is 6. The number of ether oxygens (including phenoxy) is 4. The molecular formula is C27H30F6O12S2Si. The van der Waals surface area contributed by atoms with E-state index in [0.29, 0.717) is 0 Å². The number of hydrogen-bond acceptors (Lipinski definition) is 12. The SMILES string of the molecule is C[Si](C)(C)CCO[C@@H]1OC(COC(=O)c2ccccc2)[C@H](OS(=O)(=O)C(F)(F)F)C(OC(=O)c2ccccc2)[C@@H]1OS(=O)(=O)C(F)(F)F. The first-order valence-electron chi connectivity index (χ1n) is 13.8. The van der Waals surface area contributed by atoms with E-state index in [9.17, 15) is 52.8 Å². The summed E-state index contributed by atoms with van der Waals surface area (Å²) in [4.78, 5) is 25.8. The molecule has 2 aromatic rings. The summed E-state index contributed by atoms with van der Waals surface area (Å²) in [6, 6.07) is 13.5. The van der Waals surface area contributed by atoms with Crippen molar-refractivity contribution in [2.45, 2.75) is 67.4 Å². The van der Waals surface area contributed by atoms with Gasteiger partial charge in [-0.15, -0.1) is 0 Å². The fraction of sp³-hybridized carbons (Fsp3) is 0.481. The second kappa shape index (κ2) is 15.2. The summed E-state index contributed by atoms with van der Waals surface area (Å²) in [6.07, 6.45) is -12.9. The Morgan fingerprint density at radius 1 is 0.729 bits per heavy atom. The Morgan fingerprint density at radius 3 is 1.65 bits per heavy atom. The molecule has 2 aromatic carbocycles. The van der Waals surface area contributed by atoms with Gasteiger partial charge in [0.2, 0.25) is 0 Å². The summed E-state index contributed by atoms with van der Waals surface area (Å²) in [7, 11) is -15.3. The predicted molar refractivity (Wildman–Crippen MR) is 155 cm³/mol. The average molecular weight is 753 g/mol. The van der Waals surface area contributed by atoms with E-state index in [1.54, 1.807) is 0 Å². The highest BCUT2D eigenvalue weighted by Crippen LogP contribution is 2.37. The third-order valence-electron chi connectivity index (χ3n) is 6.41. The molecular weight excluding hydrogens is 722 g/mol. The highest BCUT2D eigenvalue weighted by Gasteiger charge is 2.60. The van der Waals surface area contributed by atoms with Crippen LogP contribution < -0.4 is 0 Å². The normalized spacial score (nSPS) is 22.6. The molecule has 1 aliphatic heterocycles. The van der Waals surface area contributed by atoms with E-state index >= 15 is 0 Å². The van der Waals surface area contributed by atoms with Gasteiger partial charge in [0.15, 0.2) is 18.5 Å². The van der Waals surface area contributed by atoms with Crippen molar-refractivity contribution in [3.05, 3.63) is 71.8 Å². The number of esters is 2. The van der Waals surface area contributed by atoms with Crippen LogP contribution in [0.15, 0.2) is 60.7 Å². The molecule has 268 valence electrons. The molecule has 0 aromatic heterocycles. The van der Waals surface area contributed by atoms with Crippen molar-refractivity contribution >= 4 is 40.2 Å². The van der Waals surface area contributed by atoms with Crippen LogP contribution in [-0.2, 0) is 47.5 Å². The molecule has 1 heterocycles. The zero-order valence-electron chi connectivity index (χ0n) is 25.3. The number of carbonyl (C=O) groups excluding carboxylic acids is 2. The standard InChI is InChI=1S/C27H30F6O12S2Si/c1-48(2,3)15-14-40-25-22(45-47(38,39)27(31,32)33)21(43-24(35)18-12-8-5-9-13-18)20(44-46(36,37)26(28,29)30)19(42-25)16-41-23(34)17-10-6-4-7-11-17/h4-13,19-22,25H,14-16H2,1-3H3/t19?,20-,21?,22-,25+/m0/s1. The third kappa shape index (κ3) is 10.5.